The van der Waals surface area contributed by atoms with Crippen LogP contribution in [0.3, 0.4) is 0 Å². The first-order valence-corrected chi connectivity index (χ1v) is 10.4. The summed E-state index contributed by atoms with van der Waals surface area (Å²) in [6.07, 6.45) is 0. The predicted molar refractivity (Wildman–Crippen MR) is 121 cm³/mol. The van der Waals surface area contributed by atoms with Crippen LogP contribution in [0.1, 0.15) is 28.3 Å². The Balaban J connectivity index is 1.98. The highest BCUT2D eigenvalue weighted by Crippen LogP contribution is 2.44. The summed E-state index contributed by atoms with van der Waals surface area (Å²) in [4.78, 5) is 13.7. The van der Waals surface area contributed by atoms with E-state index in [1.165, 1.54) is 0 Å². The molecule has 2 aromatic carbocycles. The molecule has 3 aromatic rings. The van der Waals surface area contributed by atoms with Crippen molar-refractivity contribution < 1.29 is 9.47 Å². The number of fused-ring (bicyclic) bond motifs is 1. The van der Waals surface area contributed by atoms with E-state index in [1.54, 1.807) is 23.8 Å². The molecule has 0 fully saturated rings. The van der Waals surface area contributed by atoms with Gasteiger partial charge in [-0.3, -0.25) is 4.79 Å². The lowest BCUT2D eigenvalue weighted by atomic mass is 9.83. The summed E-state index contributed by atoms with van der Waals surface area (Å²) >= 11 is 3.48. The summed E-state index contributed by atoms with van der Waals surface area (Å²) in [6, 6.07) is 19.1. The Hall–Kier alpha value is -3.50. The number of pyridine rings is 1. The molecule has 7 heteroatoms. The predicted octanol–water partition coefficient (Wildman–Crippen LogP) is 4.19. The monoisotopic (exact) mass is 477 g/mol. The van der Waals surface area contributed by atoms with Crippen LogP contribution in [-0.4, -0.2) is 11.7 Å². The average molecular weight is 478 g/mol. The summed E-state index contributed by atoms with van der Waals surface area (Å²) in [5.41, 5.74) is 8.80. The summed E-state index contributed by atoms with van der Waals surface area (Å²) in [5.74, 6) is 0.185. The Morgan fingerprint density at radius 3 is 2.65 bits per heavy atom. The quantitative estimate of drug-likeness (QED) is 0.607. The van der Waals surface area contributed by atoms with Gasteiger partial charge in [0.2, 0.25) is 5.88 Å². The Labute approximate surface area is 188 Å². The first kappa shape index (κ1) is 20.8. The van der Waals surface area contributed by atoms with Gasteiger partial charge in [-0.25, -0.2) is 0 Å². The van der Waals surface area contributed by atoms with Gasteiger partial charge in [0, 0.05) is 21.8 Å². The molecule has 0 spiro atoms. The first-order chi connectivity index (χ1) is 14.9. The molecule has 1 aromatic heterocycles. The molecule has 156 valence electrons. The van der Waals surface area contributed by atoms with Crippen LogP contribution in [0.4, 0.5) is 0 Å². The van der Waals surface area contributed by atoms with Crippen LogP contribution in [-0.2, 0) is 6.54 Å². The smallest absolute Gasteiger partial charge is 0.259 e. The molecule has 31 heavy (non-hydrogen) atoms. The van der Waals surface area contributed by atoms with Gasteiger partial charge >= 0.3 is 0 Å². The number of hydrogen-bond donors (Lipinski definition) is 1. The number of nitriles is 1. The van der Waals surface area contributed by atoms with Gasteiger partial charge in [0.1, 0.15) is 23.1 Å². The summed E-state index contributed by atoms with van der Waals surface area (Å²) in [5, 5.41) is 9.87. The Kier molecular flexibility index (Phi) is 5.57. The van der Waals surface area contributed by atoms with Crippen molar-refractivity contribution in [1.82, 2.24) is 4.57 Å². The summed E-state index contributed by atoms with van der Waals surface area (Å²) < 4.78 is 13.8. The number of benzene rings is 2. The van der Waals surface area contributed by atoms with Crippen molar-refractivity contribution in [2.45, 2.75) is 19.4 Å². The number of hydrogen-bond acceptors (Lipinski definition) is 5. The highest BCUT2D eigenvalue weighted by molar-refractivity contribution is 9.10. The molecule has 4 rings (SSSR count). The zero-order valence-electron chi connectivity index (χ0n) is 17.1. The summed E-state index contributed by atoms with van der Waals surface area (Å²) in [6.45, 7) is 2.25. The fourth-order valence-corrected chi connectivity index (χ4v) is 4.27. The van der Waals surface area contributed by atoms with Gasteiger partial charge in [-0.2, -0.15) is 5.26 Å². The SMILES string of the molecule is COc1ccc(Br)cc1C1C(C#N)=C(N)Oc2cc(C)n(Cc3ccccc3)c(=O)c21. The molecule has 0 saturated carbocycles. The van der Waals surface area contributed by atoms with Crippen LogP contribution in [0.15, 0.2) is 75.3 Å². The van der Waals surface area contributed by atoms with Crippen LogP contribution < -0.4 is 20.8 Å². The third-order valence-corrected chi connectivity index (χ3v) is 5.87. The molecule has 1 unspecified atom stereocenters. The van der Waals surface area contributed by atoms with Gasteiger partial charge in [0.05, 0.1) is 25.1 Å². The van der Waals surface area contributed by atoms with E-state index in [1.807, 2.05) is 49.4 Å². The minimum atomic E-state index is -0.712. The van der Waals surface area contributed by atoms with E-state index in [-0.39, 0.29) is 17.0 Å². The largest absolute Gasteiger partial charge is 0.496 e. The zero-order chi connectivity index (χ0) is 22.1. The molecule has 0 saturated heterocycles. The van der Waals surface area contributed by atoms with E-state index >= 15 is 0 Å². The van der Waals surface area contributed by atoms with E-state index in [0.717, 1.165) is 15.7 Å². The molecular formula is C24H20BrN3O3. The van der Waals surface area contributed by atoms with Crippen molar-refractivity contribution in [2.75, 3.05) is 7.11 Å². The van der Waals surface area contributed by atoms with E-state index in [2.05, 4.69) is 22.0 Å². The van der Waals surface area contributed by atoms with E-state index in [9.17, 15) is 10.1 Å². The number of nitrogens with two attached hydrogens (primary N) is 1. The Morgan fingerprint density at radius 1 is 1.23 bits per heavy atom. The second-order valence-corrected chi connectivity index (χ2v) is 8.17. The maximum atomic E-state index is 13.7. The molecule has 1 aliphatic rings. The molecule has 6 nitrogen and oxygen atoms in total. The fourth-order valence-electron chi connectivity index (χ4n) is 3.89. The Bertz CT molecular complexity index is 1290. The van der Waals surface area contributed by atoms with Crippen molar-refractivity contribution in [1.29, 1.82) is 5.26 Å². The van der Waals surface area contributed by atoms with Crippen molar-refractivity contribution in [3.8, 4) is 17.6 Å². The first-order valence-electron chi connectivity index (χ1n) is 9.64. The average Bonchev–Trinajstić information content (AvgIpc) is 2.76. The number of nitrogens with zero attached hydrogens (tertiary/aromatic N) is 2. The number of rotatable bonds is 4. The lowest BCUT2D eigenvalue weighted by Gasteiger charge is -2.28. The molecule has 1 atom stereocenters. The van der Waals surface area contributed by atoms with Crippen molar-refractivity contribution in [3.63, 3.8) is 0 Å². The van der Waals surface area contributed by atoms with Crippen LogP contribution in [0.2, 0.25) is 0 Å². The van der Waals surface area contributed by atoms with Crippen LogP contribution in [0, 0.1) is 18.3 Å². The summed E-state index contributed by atoms with van der Waals surface area (Å²) in [7, 11) is 1.55. The third-order valence-electron chi connectivity index (χ3n) is 5.38. The number of aromatic nitrogens is 1. The van der Waals surface area contributed by atoms with Gasteiger partial charge in [-0.15, -0.1) is 0 Å². The van der Waals surface area contributed by atoms with Crippen molar-refractivity contribution >= 4 is 15.9 Å². The van der Waals surface area contributed by atoms with Gasteiger partial charge < -0.3 is 19.8 Å². The standard InChI is InChI=1S/C24H20BrN3O3/c1-14-10-20-22(24(29)28(14)13-15-6-4-3-5-7-15)21(18(12-26)23(27)31-20)17-11-16(25)8-9-19(17)30-2/h3-11,21H,13,27H2,1-2H3. The van der Waals surface area contributed by atoms with Crippen LogP contribution in [0.5, 0.6) is 11.5 Å². The number of allylic oxidation sites excluding steroid dienone is 1. The van der Waals surface area contributed by atoms with Crippen molar-refractivity contribution in [2.24, 2.45) is 5.73 Å². The van der Waals surface area contributed by atoms with Gasteiger partial charge in [0.25, 0.3) is 5.56 Å². The van der Waals surface area contributed by atoms with E-state index in [0.29, 0.717) is 29.2 Å². The number of aryl methyl sites for hydroxylation is 1. The molecule has 1 aliphatic heterocycles. The second kappa shape index (κ2) is 8.32. The van der Waals surface area contributed by atoms with Gasteiger partial charge in [0.15, 0.2) is 0 Å². The number of methoxy groups -OCH3 is 1. The molecule has 0 amide bonds. The lowest BCUT2D eigenvalue weighted by Crippen LogP contribution is -2.33. The molecule has 2 N–H and O–H groups in total. The third kappa shape index (κ3) is 3.71. The molecule has 0 radical (unpaired) electrons. The van der Waals surface area contributed by atoms with Crippen LogP contribution in [0.25, 0.3) is 0 Å². The van der Waals surface area contributed by atoms with Crippen LogP contribution >= 0.6 is 15.9 Å². The van der Waals surface area contributed by atoms with E-state index < -0.39 is 5.92 Å². The zero-order valence-corrected chi connectivity index (χ0v) is 18.6. The normalized spacial score (nSPS) is 15.1. The second-order valence-electron chi connectivity index (χ2n) is 7.25. The maximum Gasteiger partial charge on any atom is 0.259 e. The van der Waals surface area contributed by atoms with E-state index in [4.69, 9.17) is 15.2 Å². The van der Waals surface area contributed by atoms with Gasteiger partial charge in [-0.1, -0.05) is 46.3 Å². The highest BCUT2D eigenvalue weighted by atomic mass is 79.9. The van der Waals surface area contributed by atoms with Crippen molar-refractivity contribution in [3.05, 3.63) is 103 Å². The minimum absolute atomic E-state index is 0.0124. The number of halogens is 1. The number of ether oxygens (including phenoxy) is 2. The van der Waals surface area contributed by atoms with Gasteiger partial charge in [-0.05, 0) is 30.7 Å². The highest BCUT2D eigenvalue weighted by Gasteiger charge is 2.36. The minimum Gasteiger partial charge on any atom is -0.496 e. The molecule has 0 bridgehead atoms. The fraction of sp³-hybridized carbons (Fsp3) is 0.167. The topological polar surface area (TPSA) is 90.3 Å². The molecular weight excluding hydrogens is 458 g/mol. The maximum absolute atomic E-state index is 13.7. The Morgan fingerprint density at radius 2 is 1.97 bits per heavy atom. The molecule has 2 heterocycles. The molecule has 0 aliphatic carbocycles. The lowest BCUT2D eigenvalue weighted by molar-refractivity contribution is 0.382.